The molecule has 1 aromatic carbocycles. The molecule has 7 heteroatoms. The normalized spacial score (nSPS) is 15.2. The van der Waals surface area contributed by atoms with Crippen molar-refractivity contribution in [3.63, 3.8) is 0 Å². The van der Waals surface area contributed by atoms with Gasteiger partial charge in [-0.3, -0.25) is 9.48 Å². The van der Waals surface area contributed by atoms with E-state index in [9.17, 15) is 4.79 Å². The minimum atomic E-state index is 0. The van der Waals surface area contributed by atoms with Crippen molar-refractivity contribution in [2.24, 2.45) is 0 Å². The number of halogens is 2. The summed E-state index contributed by atoms with van der Waals surface area (Å²) < 4.78 is 1.76. The average molecular weight is 369 g/mol. The van der Waals surface area contributed by atoms with Crippen LogP contribution in [0.15, 0.2) is 36.7 Å². The van der Waals surface area contributed by atoms with E-state index < -0.39 is 0 Å². The lowest BCUT2D eigenvalue weighted by molar-refractivity contribution is 0.0707. The molecule has 0 atom stereocenters. The lowest BCUT2D eigenvalue weighted by Crippen LogP contribution is -2.43. The number of carbonyl (C=O) groups excluding carboxylic acids is 1. The number of carbonyl (C=O) groups is 1. The molecule has 5 nitrogen and oxygen atoms in total. The van der Waals surface area contributed by atoms with E-state index in [0.717, 1.165) is 31.5 Å². The van der Waals surface area contributed by atoms with Crippen molar-refractivity contribution in [3.8, 4) is 0 Å². The van der Waals surface area contributed by atoms with Gasteiger partial charge in [0.05, 0.1) is 18.3 Å². The zero-order valence-electron chi connectivity index (χ0n) is 13.6. The van der Waals surface area contributed by atoms with E-state index in [1.165, 1.54) is 0 Å². The number of amides is 1. The fourth-order valence-electron chi connectivity index (χ4n) is 2.92. The van der Waals surface area contributed by atoms with Gasteiger partial charge in [0, 0.05) is 30.4 Å². The predicted molar refractivity (Wildman–Crippen MR) is 98.0 cm³/mol. The lowest BCUT2D eigenvalue weighted by Gasteiger charge is -2.31. The van der Waals surface area contributed by atoms with Crippen LogP contribution in [0.25, 0.3) is 0 Å². The molecule has 0 spiro atoms. The molecule has 24 heavy (non-hydrogen) atoms. The lowest BCUT2D eigenvalue weighted by atomic mass is 10.0. The van der Waals surface area contributed by atoms with Crippen molar-refractivity contribution in [2.75, 3.05) is 20.1 Å². The van der Waals surface area contributed by atoms with Crippen LogP contribution >= 0.6 is 24.0 Å². The maximum Gasteiger partial charge on any atom is 0.257 e. The molecular formula is C17H22Cl2N4O. The van der Waals surface area contributed by atoms with Crippen LogP contribution in [0.4, 0.5) is 0 Å². The van der Waals surface area contributed by atoms with Crippen molar-refractivity contribution >= 4 is 29.9 Å². The highest BCUT2D eigenvalue weighted by atomic mass is 35.5. The highest BCUT2D eigenvalue weighted by molar-refractivity contribution is 6.31. The molecule has 0 bridgehead atoms. The fraction of sp³-hybridized carbons (Fsp3) is 0.412. The first-order valence-corrected chi connectivity index (χ1v) is 8.27. The Morgan fingerprint density at radius 1 is 1.33 bits per heavy atom. The molecule has 1 fully saturated rings. The maximum absolute atomic E-state index is 12.6. The van der Waals surface area contributed by atoms with Crippen molar-refractivity contribution in [2.45, 2.75) is 25.4 Å². The largest absolute Gasteiger partial charge is 0.338 e. The molecule has 0 aliphatic carbocycles. The van der Waals surface area contributed by atoms with Crippen LogP contribution < -0.4 is 5.32 Å². The Kier molecular flexibility index (Phi) is 6.66. The van der Waals surface area contributed by atoms with E-state index in [0.29, 0.717) is 23.2 Å². The Bertz CT molecular complexity index is 681. The third-order valence-electron chi connectivity index (χ3n) is 4.36. The van der Waals surface area contributed by atoms with Crippen LogP contribution in [0.3, 0.4) is 0 Å². The van der Waals surface area contributed by atoms with Gasteiger partial charge in [-0.15, -0.1) is 12.4 Å². The summed E-state index contributed by atoms with van der Waals surface area (Å²) in [5, 5.41) is 8.28. The smallest absolute Gasteiger partial charge is 0.257 e. The monoisotopic (exact) mass is 368 g/mol. The van der Waals surface area contributed by atoms with Crippen LogP contribution in [-0.2, 0) is 6.54 Å². The Hall–Kier alpha value is -1.56. The van der Waals surface area contributed by atoms with E-state index in [1.54, 1.807) is 17.1 Å². The predicted octanol–water partition coefficient (Wildman–Crippen LogP) is 2.83. The number of likely N-dealkylation sites (tertiary alicyclic amines) is 1. The number of aromatic nitrogens is 2. The second kappa shape index (κ2) is 8.51. The number of rotatable bonds is 4. The topological polar surface area (TPSA) is 50.2 Å². The summed E-state index contributed by atoms with van der Waals surface area (Å²) in [5.41, 5.74) is 1.63. The summed E-state index contributed by atoms with van der Waals surface area (Å²) in [6, 6.07) is 8.19. The minimum Gasteiger partial charge on any atom is -0.338 e. The summed E-state index contributed by atoms with van der Waals surface area (Å²) >= 11 is 6.17. The number of piperidine rings is 1. The van der Waals surface area contributed by atoms with E-state index in [1.807, 2.05) is 36.2 Å². The first-order chi connectivity index (χ1) is 11.2. The summed E-state index contributed by atoms with van der Waals surface area (Å²) in [6.07, 6.45) is 5.44. The fourth-order valence-corrected chi connectivity index (χ4v) is 3.11. The minimum absolute atomic E-state index is 0. The van der Waals surface area contributed by atoms with Crippen molar-refractivity contribution in [1.82, 2.24) is 20.0 Å². The molecule has 1 N–H and O–H groups in total. The van der Waals surface area contributed by atoms with E-state index >= 15 is 0 Å². The molecule has 1 amide bonds. The maximum atomic E-state index is 12.6. The Morgan fingerprint density at radius 2 is 2.04 bits per heavy atom. The molecule has 1 aromatic heterocycles. The average Bonchev–Trinajstić information content (AvgIpc) is 3.05. The number of nitrogens with zero attached hydrogens (tertiary/aromatic N) is 3. The van der Waals surface area contributed by atoms with E-state index in [-0.39, 0.29) is 18.3 Å². The quantitative estimate of drug-likeness (QED) is 0.902. The molecule has 0 saturated carbocycles. The first kappa shape index (κ1) is 18.8. The van der Waals surface area contributed by atoms with Gasteiger partial charge in [0.2, 0.25) is 0 Å². The molecule has 0 unspecified atom stereocenters. The van der Waals surface area contributed by atoms with Crippen LogP contribution in [0, 0.1) is 0 Å². The van der Waals surface area contributed by atoms with Gasteiger partial charge >= 0.3 is 0 Å². The van der Waals surface area contributed by atoms with Crippen LogP contribution in [0.2, 0.25) is 5.02 Å². The Labute approximate surface area is 153 Å². The molecule has 1 saturated heterocycles. The van der Waals surface area contributed by atoms with Gasteiger partial charge in [0.1, 0.15) is 0 Å². The van der Waals surface area contributed by atoms with Gasteiger partial charge in [-0.1, -0.05) is 29.8 Å². The highest BCUT2D eigenvalue weighted by Gasteiger charge is 2.23. The van der Waals surface area contributed by atoms with Crippen molar-refractivity contribution in [1.29, 1.82) is 0 Å². The summed E-state index contributed by atoms with van der Waals surface area (Å²) in [4.78, 5) is 14.5. The molecule has 2 heterocycles. The molecule has 130 valence electrons. The van der Waals surface area contributed by atoms with Gasteiger partial charge < -0.3 is 10.2 Å². The van der Waals surface area contributed by atoms with Gasteiger partial charge in [0.15, 0.2) is 0 Å². The molecule has 1 aliphatic rings. The van der Waals surface area contributed by atoms with Gasteiger partial charge in [-0.2, -0.15) is 5.10 Å². The number of hydrogen-bond donors (Lipinski definition) is 1. The van der Waals surface area contributed by atoms with Gasteiger partial charge in [-0.25, -0.2) is 0 Å². The van der Waals surface area contributed by atoms with Crippen LogP contribution in [0.1, 0.15) is 28.8 Å². The van der Waals surface area contributed by atoms with Crippen LogP contribution in [-0.4, -0.2) is 46.8 Å². The number of benzene rings is 1. The Balaban J connectivity index is 0.00000208. The standard InChI is InChI=1S/C17H21ClN4O.ClH/c1-19-15-6-8-21(9-7-15)17(23)14-10-20-22(12-14)11-13-4-2-3-5-16(13)18;/h2-5,10,12,15,19H,6-9,11H2,1H3;1H. The van der Waals surface area contributed by atoms with Crippen LogP contribution in [0.5, 0.6) is 0 Å². The van der Waals surface area contributed by atoms with E-state index in [2.05, 4.69) is 10.4 Å². The molecular weight excluding hydrogens is 347 g/mol. The molecule has 2 aromatic rings. The summed E-state index contributed by atoms with van der Waals surface area (Å²) in [7, 11) is 1.97. The number of hydrogen-bond acceptors (Lipinski definition) is 3. The van der Waals surface area contributed by atoms with Crippen molar-refractivity contribution in [3.05, 3.63) is 52.8 Å². The molecule has 3 rings (SSSR count). The Morgan fingerprint density at radius 3 is 2.71 bits per heavy atom. The highest BCUT2D eigenvalue weighted by Crippen LogP contribution is 2.17. The third-order valence-corrected chi connectivity index (χ3v) is 4.73. The zero-order valence-corrected chi connectivity index (χ0v) is 15.2. The van der Waals surface area contributed by atoms with Crippen molar-refractivity contribution < 1.29 is 4.79 Å². The molecule has 1 aliphatic heterocycles. The molecule has 0 radical (unpaired) electrons. The second-order valence-electron chi connectivity index (χ2n) is 5.87. The first-order valence-electron chi connectivity index (χ1n) is 7.90. The number of nitrogens with one attached hydrogen (secondary N) is 1. The summed E-state index contributed by atoms with van der Waals surface area (Å²) in [5.74, 6) is 0.0601. The second-order valence-corrected chi connectivity index (χ2v) is 6.28. The van der Waals surface area contributed by atoms with Gasteiger partial charge in [-0.05, 0) is 31.5 Å². The zero-order chi connectivity index (χ0) is 16.2. The van der Waals surface area contributed by atoms with E-state index in [4.69, 9.17) is 11.6 Å². The third kappa shape index (κ3) is 4.29. The SMILES string of the molecule is CNC1CCN(C(=O)c2cnn(Cc3ccccc3Cl)c2)CC1.Cl. The van der Waals surface area contributed by atoms with Gasteiger partial charge in [0.25, 0.3) is 5.91 Å². The summed E-state index contributed by atoms with van der Waals surface area (Å²) in [6.45, 7) is 2.15.